The van der Waals surface area contributed by atoms with Crippen LogP contribution >= 0.6 is 0 Å². The molecule has 1 fully saturated rings. The maximum Gasteiger partial charge on any atom is 0.354 e. The summed E-state index contributed by atoms with van der Waals surface area (Å²) >= 11 is 0. The first kappa shape index (κ1) is 21.6. The maximum absolute atomic E-state index is 11.7. The van der Waals surface area contributed by atoms with Gasteiger partial charge in [-0.3, -0.25) is 0 Å². The number of methoxy groups -OCH3 is 1. The number of carbonyl (C=O) groups is 1. The topological polar surface area (TPSA) is 93.0 Å². The number of H-pyrrole nitrogens is 1. The van der Waals surface area contributed by atoms with Crippen LogP contribution in [0.2, 0.25) is 0 Å². The van der Waals surface area contributed by atoms with Crippen molar-refractivity contribution in [3.8, 4) is 0 Å². The monoisotopic (exact) mass is 400 g/mol. The summed E-state index contributed by atoms with van der Waals surface area (Å²) in [6, 6.07) is 3.80. The molecule has 1 aliphatic rings. The van der Waals surface area contributed by atoms with E-state index in [-0.39, 0.29) is 16.9 Å². The summed E-state index contributed by atoms with van der Waals surface area (Å²) in [6.45, 7) is 10.1. The van der Waals surface area contributed by atoms with Crippen molar-refractivity contribution in [2.24, 2.45) is 16.6 Å². The number of aromatic amines is 1. The molecule has 2 heterocycles. The fraction of sp³-hybridized carbons (Fsp3) is 0.652. The van der Waals surface area contributed by atoms with E-state index < -0.39 is 0 Å². The summed E-state index contributed by atoms with van der Waals surface area (Å²) in [6.07, 6.45) is 8.66. The van der Waals surface area contributed by atoms with E-state index >= 15 is 0 Å². The van der Waals surface area contributed by atoms with Crippen LogP contribution in [0.5, 0.6) is 0 Å². The van der Waals surface area contributed by atoms with Gasteiger partial charge in [-0.05, 0) is 62.0 Å². The summed E-state index contributed by atoms with van der Waals surface area (Å²) in [4.78, 5) is 19.2. The van der Waals surface area contributed by atoms with Crippen molar-refractivity contribution < 1.29 is 9.53 Å². The van der Waals surface area contributed by atoms with Gasteiger partial charge in [-0.15, -0.1) is 0 Å². The second-order valence-corrected chi connectivity index (χ2v) is 10.3. The Kier molecular flexibility index (Phi) is 5.95. The lowest BCUT2D eigenvalue weighted by Crippen LogP contribution is -2.43. The van der Waals surface area contributed by atoms with Gasteiger partial charge >= 0.3 is 5.97 Å². The molecule has 4 N–H and O–H groups in total. The summed E-state index contributed by atoms with van der Waals surface area (Å²) in [7, 11) is 1.37. The zero-order valence-corrected chi connectivity index (χ0v) is 18.5. The van der Waals surface area contributed by atoms with Crippen molar-refractivity contribution in [3.05, 3.63) is 24.0 Å². The van der Waals surface area contributed by atoms with Crippen molar-refractivity contribution >= 4 is 22.7 Å². The maximum atomic E-state index is 11.7. The SMILES string of the molecule is COC(=O)c1cc2cc(NCC3(C)CCCC(C)(C)CCC(C)(N)C3)cnc2[nH]1. The number of hydrogen-bond acceptors (Lipinski definition) is 5. The molecule has 160 valence electrons. The van der Waals surface area contributed by atoms with Crippen LogP contribution in [0.15, 0.2) is 18.3 Å². The van der Waals surface area contributed by atoms with Gasteiger partial charge in [-0.1, -0.05) is 27.2 Å². The van der Waals surface area contributed by atoms with E-state index in [2.05, 4.69) is 43.0 Å². The van der Waals surface area contributed by atoms with Gasteiger partial charge in [-0.25, -0.2) is 9.78 Å². The molecule has 0 spiro atoms. The number of ether oxygens (including phenoxy) is 1. The van der Waals surface area contributed by atoms with Crippen LogP contribution in [0.3, 0.4) is 0 Å². The molecular weight excluding hydrogens is 364 g/mol. The van der Waals surface area contributed by atoms with Crippen LogP contribution in [-0.2, 0) is 4.74 Å². The third kappa shape index (κ3) is 5.50. The summed E-state index contributed by atoms with van der Waals surface area (Å²) in [5.74, 6) is -0.388. The van der Waals surface area contributed by atoms with Crippen LogP contribution in [0.1, 0.15) is 76.7 Å². The number of carbonyl (C=O) groups excluding carboxylic acids is 1. The third-order valence-electron chi connectivity index (χ3n) is 6.43. The molecule has 0 saturated heterocycles. The standard InChI is InChI=1S/C23H36N4O2/c1-21(2)7-6-8-22(3,14-23(4,24)10-9-21)15-26-17-11-16-12-18(20(28)29-5)27-19(16)25-13-17/h11-13,26H,6-10,14-15,24H2,1-5H3,(H,25,27). The Hall–Kier alpha value is -2.08. The number of anilines is 1. The first-order valence-electron chi connectivity index (χ1n) is 10.6. The van der Waals surface area contributed by atoms with Crippen LogP contribution in [0, 0.1) is 10.8 Å². The molecule has 29 heavy (non-hydrogen) atoms. The smallest absolute Gasteiger partial charge is 0.354 e. The summed E-state index contributed by atoms with van der Waals surface area (Å²) < 4.78 is 4.78. The number of hydrogen-bond donors (Lipinski definition) is 3. The highest BCUT2D eigenvalue weighted by Crippen LogP contribution is 2.41. The van der Waals surface area contributed by atoms with Gasteiger partial charge in [0, 0.05) is 17.5 Å². The van der Waals surface area contributed by atoms with E-state index in [4.69, 9.17) is 10.5 Å². The third-order valence-corrected chi connectivity index (χ3v) is 6.43. The van der Waals surface area contributed by atoms with Gasteiger partial charge < -0.3 is 20.8 Å². The number of esters is 1. The molecule has 2 unspecified atom stereocenters. The molecule has 6 heteroatoms. The fourth-order valence-corrected chi connectivity index (χ4v) is 4.69. The molecule has 0 aliphatic heterocycles. The van der Waals surface area contributed by atoms with E-state index in [1.165, 1.54) is 26.4 Å². The minimum atomic E-state index is -0.388. The molecule has 1 saturated carbocycles. The molecule has 0 bridgehead atoms. The predicted octanol–water partition coefficient (Wildman–Crippen LogP) is 4.87. The van der Waals surface area contributed by atoms with Crippen LogP contribution in [0.25, 0.3) is 11.0 Å². The van der Waals surface area contributed by atoms with Crippen LogP contribution in [-0.4, -0.2) is 35.1 Å². The van der Waals surface area contributed by atoms with E-state index in [1.54, 1.807) is 6.07 Å². The fourth-order valence-electron chi connectivity index (χ4n) is 4.69. The molecule has 2 aromatic rings. The zero-order chi connectivity index (χ0) is 21.3. The van der Waals surface area contributed by atoms with Crippen molar-refractivity contribution in [1.29, 1.82) is 0 Å². The second-order valence-electron chi connectivity index (χ2n) is 10.3. The number of fused-ring (bicyclic) bond motifs is 1. The molecule has 3 rings (SSSR count). The minimum absolute atomic E-state index is 0.119. The minimum Gasteiger partial charge on any atom is -0.464 e. The van der Waals surface area contributed by atoms with Gasteiger partial charge in [0.15, 0.2) is 0 Å². The normalized spacial score (nSPS) is 27.7. The average molecular weight is 401 g/mol. The molecule has 2 aromatic heterocycles. The van der Waals surface area contributed by atoms with E-state index in [9.17, 15) is 4.79 Å². The first-order chi connectivity index (χ1) is 13.5. The van der Waals surface area contributed by atoms with Crippen LogP contribution < -0.4 is 11.1 Å². The number of rotatable bonds is 4. The van der Waals surface area contributed by atoms with Crippen molar-refractivity contribution in [1.82, 2.24) is 9.97 Å². The lowest BCUT2D eigenvalue weighted by atomic mass is 9.74. The van der Waals surface area contributed by atoms with Gasteiger partial charge in [0.05, 0.1) is 19.0 Å². The lowest BCUT2D eigenvalue weighted by Gasteiger charge is -2.37. The predicted molar refractivity (Wildman–Crippen MR) is 118 cm³/mol. The Morgan fingerprint density at radius 1 is 1.21 bits per heavy atom. The lowest BCUT2D eigenvalue weighted by molar-refractivity contribution is 0.0595. The summed E-state index contributed by atoms with van der Waals surface area (Å²) in [5.41, 5.74) is 9.08. The van der Waals surface area contributed by atoms with Crippen molar-refractivity contribution in [2.45, 2.75) is 71.8 Å². The molecule has 0 amide bonds. The number of nitrogens with zero attached hydrogens (tertiary/aromatic N) is 1. The van der Waals surface area contributed by atoms with E-state index in [0.717, 1.165) is 36.9 Å². The Labute approximate surface area is 174 Å². The Morgan fingerprint density at radius 3 is 2.69 bits per heavy atom. The first-order valence-corrected chi connectivity index (χ1v) is 10.6. The van der Waals surface area contributed by atoms with Gasteiger partial charge in [-0.2, -0.15) is 0 Å². The van der Waals surface area contributed by atoms with Crippen LogP contribution in [0.4, 0.5) is 5.69 Å². The van der Waals surface area contributed by atoms with E-state index in [1.807, 2.05) is 12.3 Å². The molecule has 6 nitrogen and oxygen atoms in total. The second kappa shape index (κ2) is 7.98. The highest BCUT2D eigenvalue weighted by Gasteiger charge is 2.36. The highest BCUT2D eigenvalue weighted by molar-refractivity contribution is 5.94. The number of nitrogens with one attached hydrogen (secondary N) is 2. The Morgan fingerprint density at radius 2 is 1.97 bits per heavy atom. The molecular formula is C23H36N4O2. The van der Waals surface area contributed by atoms with Crippen molar-refractivity contribution in [2.75, 3.05) is 19.0 Å². The van der Waals surface area contributed by atoms with E-state index in [0.29, 0.717) is 16.8 Å². The number of pyridine rings is 1. The van der Waals surface area contributed by atoms with Gasteiger partial charge in [0.2, 0.25) is 0 Å². The summed E-state index contributed by atoms with van der Waals surface area (Å²) in [5, 5.41) is 4.47. The Balaban J connectivity index is 1.73. The zero-order valence-electron chi connectivity index (χ0n) is 18.5. The Bertz CT molecular complexity index is 871. The number of aromatic nitrogens is 2. The largest absolute Gasteiger partial charge is 0.464 e. The molecule has 0 radical (unpaired) electrons. The quantitative estimate of drug-likeness (QED) is 0.637. The van der Waals surface area contributed by atoms with Gasteiger partial charge in [0.1, 0.15) is 11.3 Å². The average Bonchev–Trinajstić information content (AvgIpc) is 3.08. The van der Waals surface area contributed by atoms with Crippen molar-refractivity contribution in [3.63, 3.8) is 0 Å². The molecule has 2 atom stereocenters. The molecule has 0 aromatic carbocycles. The molecule has 1 aliphatic carbocycles. The highest BCUT2D eigenvalue weighted by atomic mass is 16.5. The van der Waals surface area contributed by atoms with Gasteiger partial charge in [0.25, 0.3) is 0 Å². The number of nitrogens with two attached hydrogens (primary N) is 1.